The summed E-state index contributed by atoms with van der Waals surface area (Å²) in [5.41, 5.74) is 15.3. The van der Waals surface area contributed by atoms with Crippen LogP contribution in [0.25, 0.3) is 105 Å². The SMILES string of the molecule is N#Cc1cc(-c2cccc(-c3cccc(-n4c5ccccc5c5ccccc54)c3)c2)cc(-c2cccc(-c3c4ccccc4c(-c4ccccc4)c4ccccc34)c2)c1. The smallest absolute Gasteiger partial charge is 0.0992 e. The molecule has 0 amide bonds. The predicted molar refractivity (Wildman–Crippen MR) is 248 cm³/mol. The van der Waals surface area contributed by atoms with Crippen LogP contribution in [0.2, 0.25) is 0 Å². The van der Waals surface area contributed by atoms with E-state index in [4.69, 9.17) is 0 Å². The third-order valence-electron chi connectivity index (χ3n) is 11.8. The van der Waals surface area contributed by atoms with Crippen LogP contribution in [0.4, 0.5) is 0 Å². The summed E-state index contributed by atoms with van der Waals surface area (Å²) in [6, 6.07) is 80.4. The van der Waals surface area contributed by atoms with Crippen LogP contribution >= 0.6 is 0 Å². The number of rotatable bonds is 6. The summed E-state index contributed by atoms with van der Waals surface area (Å²) in [6.45, 7) is 0. The van der Waals surface area contributed by atoms with E-state index in [0.717, 1.165) is 44.6 Å². The summed E-state index contributed by atoms with van der Waals surface area (Å²) < 4.78 is 2.36. The fourth-order valence-electron chi connectivity index (χ4n) is 9.14. The Bertz CT molecular complexity index is 3340. The lowest BCUT2D eigenvalue weighted by Crippen LogP contribution is -1.94. The summed E-state index contributed by atoms with van der Waals surface area (Å²) in [5.74, 6) is 0. The summed E-state index contributed by atoms with van der Waals surface area (Å²) >= 11 is 0. The molecular weight excluding hydrogens is 713 g/mol. The zero-order valence-electron chi connectivity index (χ0n) is 32.2. The molecule has 0 N–H and O–H groups in total. The molecule has 0 aliphatic heterocycles. The molecule has 0 fully saturated rings. The van der Waals surface area contributed by atoms with Gasteiger partial charge in [0.1, 0.15) is 0 Å². The molecule has 10 aromatic carbocycles. The van der Waals surface area contributed by atoms with E-state index in [-0.39, 0.29) is 0 Å². The quantitative estimate of drug-likeness (QED) is 0.156. The number of fused-ring (bicyclic) bond motifs is 5. The molecule has 0 spiro atoms. The van der Waals surface area contributed by atoms with Crippen molar-refractivity contribution < 1.29 is 0 Å². The van der Waals surface area contributed by atoms with E-state index in [1.54, 1.807) is 0 Å². The standard InChI is InChI=1S/C57H36N2/c58-37-38-31-45(41-18-12-17-40(33-41)43-20-14-22-47(36-43)59-54-29-10-8-23-48(54)49-24-9-11-30-55(49)59)35-46(32-38)42-19-13-21-44(34-42)57-52-27-6-4-25-50(52)56(39-15-2-1-3-16-39)51-26-5-7-28-53(51)57/h1-36H. The summed E-state index contributed by atoms with van der Waals surface area (Å²) in [6.07, 6.45) is 0. The van der Waals surface area contributed by atoms with E-state index in [9.17, 15) is 5.26 Å². The van der Waals surface area contributed by atoms with Crippen LogP contribution in [0.5, 0.6) is 0 Å². The molecule has 11 aromatic rings. The average molecular weight is 749 g/mol. The van der Waals surface area contributed by atoms with Gasteiger partial charge in [-0.05, 0) is 132 Å². The highest BCUT2D eigenvalue weighted by Crippen LogP contribution is 2.44. The Labute approximate surface area is 343 Å². The topological polar surface area (TPSA) is 28.7 Å². The molecule has 2 heteroatoms. The lowest BCUT2D eigenvalue weighted by atomic mass is 9.85. The van der Waals surface area contributed by atoms with Crippen LogP contribution in [0, 0.1) is 11.3 Å². The van der Waals surface area contributed by atoms with Crippen molar-refractivity contribution in [2.45, 2.75) is 0 Å². The van der Waals surface area contributed by atoms with E-state index in [1.807, 2.05) is 12.1 Å². The minimum absolute atomic E-state index is 0.629. The first kappa shape index (κ1) is 34.3. The van der Waals surface area contributed by atoms with Crippen molar-refractivity contribution in [1.29, 1.82) is 5.26 Å². The lowest BCUT2D eigenvalue weighted by Gasteiger charge is -2.18. The molecule has 1 heterocycles. The molecule has 2 nitrogen and oxygen atoms in total. The largest absolute Gasteiger partial charge is 0.309 e. The third kappa shape index (κ3) is 5.88. The molecule has 0 atom stereocenters. The summed E-state index contributed by atoms with van der Waals surface area (Å²) in [7, 11) is 0. The monoisotopic (exact) mass is 748 g/mol. The van der Waals surface area contributed by atoms with Crippen molar-refractivity contribution in [3.8, 4) is 67.4 Å². The van der Waals surface area contributed by atoms with Gasteiger partial charge in [-0.1, -0.05) is 164 Å². The van der Waals surface area contributed by atoms with Crippen molar-refractivity contribution in [2.24, 2.45) is 0 Å². The molecule has 0 unspecified atom stereocenters. The molecule has 11 rings (SSSR count). The van der Waals surface area contributed by atoms with E-state index >= 15 is 0 Å². The molecule has 0 aliphatic rings. The van der Waals surface area contributed by atoms with Gasteiger partial charge in [-0.15, -0.1) is 0 Å². The van der Waals surface area contributed by atoms with Crippen molar-refractivity contribution in [3.05, 3.63) is 224 Å². The Morgan fingerprint density at radius 3 is 1.20 bits per heavy atom. The van der Waals surface area contributed by atoms with Gasteiger partial charge in [0.15, 0.2) is 0 Å². The second-order valence-corrected chi connectivity index (χ2v) is 15.2. The Balaban J connectivity index is 1.01. The number of nitrogens with zero attached hydrogens (tertiary/aromatic N) is 2. The number of para-hydroxylation sites is 2. The molecule has 0 aliphatic carbocycles. The number of hydrogen-bond donors (Lipinski definition) is 0. The van der Waals surface area contributed by atoms with Gasteiger partial charge in [-0.3, -0.25) is 0 Å². The number of benzene rings is 10. The second kappa shape index (κ2) is 14.2. The van der Waals surface area contributed by atoms with Crippen molar-refractivity contribution in [3.63, 3.8) is 0 Å². The maximum absolute atomic E-state index is 10.3. The van der Waals surface area contributed by atoms with E-state index in [0.29, 0.717) is 5.56 Å². The molecule has 59 heavy (non-hydrogen) atoms. The second-order valence-electron chi connectivity index (χ2n) is 15.2. The third-order valence-corrected chi connectivity index (χ3v) is 11.8. The number of hydrogen-bond acceptors (Lipinski definition) is 1. The van der Waals surface area contributed by atoms with Crippen molar-refractivity contribution in [2.75, 3.05) is 0 Å². The van der Waals surface area contributed by atoms with Gasteiger partial charge in [-0.2, -0.15) is 5.26 Å². The Morgan fingerprint density at radius 1 is 0.288 bits per heavy atom. The summed E-state index contributed by atoms with van der Waals surface area (Å²) in [5, 5.41) is 17.7. The van der Waals surface area contributed by atoms with Crippen molar-refractivity contribution >= 4 is 43.4 Å². The van der Waals surface area contributed by atoms with Crippen LogP contribution in [-0.2, 0) is 0 Å². The highest BCUT2D eigenvalue weighted by Gasteiger charge is 2.18. The van der Waals surface area contributed by atoms with Crippen molar-refractivity contribution in [1.82, 2.24) is 4.57 Å². The average Bonchev–Trinajstić information content (AvgIpc) is 3.65. The van der Waals surface area contributed by atoms with Gasteiger partial charge in [0, 0.05) is 16.5 Å². The first-order valence-electron chi connectivity index (χ1n) is 20.1. The minimum Gasteiger partial charge on any atom is -0.309 e. The van der Waals surface area contributed by atoms with Gasteiger partial charge in [-0.25, -0.2) is 0 Å². The highest BCUT2D eigenvalue weighted by atomic mass is 15.0. The Hall–Kier alpha value is -7.99. The fraction of sp³-hybridized carbons (Fsp3) is 0. The number of aromatic nitrogens is 1. The van der Waals surface area contributed by atoms with Crippen LogP contribution in [0.3, 0.4) is 0 Å². The first-order valence-corrected chi connectivity index (χ1v) is 20.1. The van der Waals surface area contributed by atoms with E-state index in [2.05, 4.69) is 217 Å². The van der Waals surface area contributed by atoms with Gasteiger partial charge in [0.25, 0.3) is 0 Å². The molecular formula is C57H36N2. The first-order chi connectivity index (χ1) is 29.2. The molecule has 1 aromatic heterocycles. The number of nitriles is 1. The molecule has 274 valence electrons. The van der Waals surface area contributed by atoms with Gasteiger partial charge in [0.2, 0.25) is 0 Å². The maximum atomic E-state index is 10.3. The van der Waals surface area contributed by atoms with Gasteiger partial charge < -0.3 is 4.57 Å². The van der Waals surface area contributed by atoms with Crippen LogP contribution in [-0.4, -0.2) is 4.57 Å². The van der Waals surface area contributed by atoms with E-state index in [1.165, 1.54) is 60.0 Å². The minimum atomic E-state index is 0.629. The molecule has 0 saturated heterocycles. The zero-order valence-corrected chi connectivity index (χ0v) is 32.2. The lowest BCUT2D eigenvalue weighted by molar-refractivity contribution is 1.18. The fourth-order valence-corrected chi connectivity index (χ4v) is 9.14. The van der Waals surface area contributed by atoms with Crippen LogP contribution in [0.1, 0.15) is 5.56 Å². The Morgan fingerprint density at radius 2 is 0.661 bits per heavy atom. The molecule has 0 saturated carbocycles. The van der Waals surface area contributed by atoms with Gasteiger partial charge >= 0.3 is 0 Å². The normalized spacial score (nSPS) is 11.4. The highest BCUT2D eigenvalue weighted by molar-refractivity contribution is 6.21. The van der Waals surface area contributed by atoms with E-state index < -0.39 is 0 Å². The van der Waals surface area contributed by atoms with Gasteiger partial charge in [0.05, 0.1) is 22.7 Å². The van der Waals surface area contributed by atoms with Crippen LogP contribution < -0.4 is 0 Å². The Kier molecular flexibility index (Phi) is 8.24. The zero-order chi connectivity index (χ0) is 39.3. The molecule has 0 bridgehead atoms. The maximum Gasteiger partial charge on any atom is 0.0992 e. The van der Waals surface area contributed by atoms with Crippen LogP contribution in [0.15, 0.2) is 218 Å². The predicted octanol–water partition coefficient (Wildman–Crippen LogP) is 15.3. The molecule has 0 radical (unpaired) electrons. The summed E-state index contributed by atoms with van der Waals surface area (Å²) in [4.78, 5) is 0.